The number of hydrazine groups is 1. The predicted octanol–water partition coefficient (Wildman–Crippen LogP) is 3.07. The first-order valence-electron chi connectivity index (χ1n) is 7.84. The van der Waals surface area contributed by atoms with E-state index in [4.69, 9.17) is 27.5 Å². The van der Waals surface area contributed by atoms with E-state index in [-0.39, 0.29) is 5.96 Å². The highest BCUT2D eigenvalue weighted by atomic mass is 35.5. The van der Waals surface area contributed by atoms with Crippen LogP contribution in [0.25, 0.3) is 5.57 Å². The summed E-state index contributed by atoms with van der Waals surface area (Å²) in [6, 6.07) is 14.7. The maximum absolute atomic E-state index is 12.1. The van der Waals surface area contributed by atoms with Crippen LogP contribution in [0, 0.1) is 5.41 Å². The molecule has 1 amide bonds. The van der Waals surface area contributed by atoms with Gasteiger partial charge in [-0.2, -0.15) is 0 Å². The molecule has 0 heterocycles. The highest BCUT2D eigenvalue weighted by Crippen LogP contribution is 2.26. The summed E-state index contributed by atoms with van der Waals surface area (Å²) in [4.78, 5) is 12.1. The minimum absolute atomic E-state index is 0.362. The van der Waals surface area contributed by atoms with Crippen LogP contribution in [0.5, 0.6) is 5.75 Å². The zero-order valence-electron chi connectivity index (χ0n) is 14.6. The largest absolute Gasteiger partial charge is 0.478 e. The minimum Gasteiger partial charge on any atom is -0.478 e. The summed E-state index contributed by atoms with van der Waals surface area (Å²) in [6.07, 6.45) is 0. The molecule has 0 unspecified atom stereocenters. The van der Waals surface area contributed by atoms with Gasteiger partial charge in [-0.1, -0.05) is 42.4 Å². The van der Waals surface area contributed by atoms with Crippen LogP contribution in [0.15, 0.2) is 55.1 Å². The van der Waals surface area contributed by atoms with Gasteiger partial charge >= 0.3 is 0 Å². The van der Waals surface area contributed by atoms with Gasteiger partial charge in [0.25, 0.3) is 5.91 Å². The van der Waals surface area contributed by atoms with Crippen molar-refractivity contribution >= 4 is 29.0 Å². The first-order valence-corrected chi connectivity index (χ1v) is 8.21. The second-order valence-corrected chi connectivity index (χ2v) is 6.55. The molecule has 0 fully saturated rings. The zero-order chi connectivity index (χ0) is 19.3. The summed E-state index contributed by atoms with van der Waals surface area (Å²) in [7, 11) is 0. The van der Waals surface area contributed by atoms with Crippen LogP contribution in [0.1, 0.15) is 25.0 Å². The van der Waals surface area contributed by atoms with E-state index in [9.17, 15) is 4.79 Å². The molecule has 136 valence electrons. The second kappa shape index (κ2) is 7.93. The van der Waals surface area contributed by atoms with Crippen LogP contribution in [-0.2, 0) is 4.79 Å². The third kappa shape index (κ3) is 5.00. The van der Waals surface area contributed by atoms with Gasteiger partial charge in [-0.3, -0.25) is 21.1 Å². The fourth-order valence-corrected chi connectivity index (χ4v) is 2.28. The van der Waals surface area contributed by atoms with Crippen molar-refractivity contribution in [3.63, 3.8) is 0 Å². The molecule has 0 saturated heterocycles. The maximum Gasteiger partial charge on any atom is 0.281 e. The summed E-state index contributed by atoms with van der Waals surface area (Å²) >= 11 is 5.91. The quantitative estimate of drug-likeness (QED) is 0.368. The zero-order valence-corrected chi connectivity index (χ0v) is 15.4. The van der Waals surface area contributed by atoms with E-state index in [0.717, 1.165) is 16.7 Å². The number of hydrogen-bond donors (Lipinski definition) is 4. The van der Waals surface area contributed by atoms with E-state index in [2.05, 4.69) is 17.4 Å². The Labute approximate surface area is 157 Å². The number of nitrogens with one attached hydrogen (secondary N) is 3. The van der Waals surface area contributed by atoms with Crippen molar-refractivity contribution in [1.82, 2.24) is 10.9 Å². The molecule has 26 heavy (non-hydrogen) atoms. The lowest BCUT2D eigenvalue weighted by molar-refractivity contribution is -0.134. The number of guanidine groups is 1. The van der Waals surface area contributed by atoms with Crippen molar-refractivity contribution in [3.05, 3.63) is 71.3 Å². The topological polar surface area (TPSA) is 100 Å². The Bertz CT molecular complexity index is 814. The van der Waals surface area contributed by atoms with Gasteiger partial charge in [-0.25, -0.2) is 0 Å². The summed E-state index contributed by atoms with van der Waals surface area (Å²) < 4.78 is 5.74. The van der Waals surface area contributed by atoms with Crippen molar-refractivity contribution in [2.45, 2.75) is 19.4 Å². The highest BCUT2D eigenvalue weighted by Gasteiger charge is 2.30. The molecule has 0 spiro atoms. The second-order valence-electron chi connectivity index (χ2n) is 6.11. The molecule has 0 saturated carbocycles. The Hall–Kier alpha value is -2.99. The number of carbonyl (C=O) groups is 1. The predicted molar refractivity (Wildman–Crippen MR) is 104 cm³/mol. The van der Waals surface area contributed by atoms with Gasteiger partial charge in [-0.15, -0.1) is 0 Å². The highest BCUT2D eigenvalue weighted by molar-refractivity contribution is 6.30. The number of carbonyl (C=O) groups excluding carboxylic acids is 1. The number of hydrogen-bond acceptors (Lipinski definition) is 3. The van der Waals surface area contributed by atoms with E-state index in [1.807, 2.05) is 36.4 Å². The Morgan fingerprint density at radius 3 is 2.08 bits per heavy atom. The van der Waals surface area contributed by atoms with E-state index in [1.54, 1.807) is 26.0 Å². The summed E-state index contributed by atoms with van der Waals surface area (Å²) in [5, 5.41) is 7.73. The molecule has 5 N–H and O–H groups in total. The van der Waals surface area contributed by atoms with E-state index in [1.165, 1.54) is 0 Å². The number of nitrogens with two attached hydrogens (primary N) is 1. The Morgan fingerprint density at radius 1 is 1.08 bits per heavy atom. The number of halogens is 1. The summed E-state index contributed by atoms with van der Waals surface area (Å²) in [6.45, 7) is 7.34. The fraction of sp³-hybridized carbons (Fsp3) is 0.158. The van der Waals surface area contributed by atoms with Crippen molar-refractivity contribution < 1.29 is 9.53 Å². The number of rotatable bonds is 5. The molecule has 0 atom stereocenters. The van der Waals surface area contributed by atoms with Crippen LogP contribution in [-0.4, -0.2) is 17.5 Å². The van der Waals surface area contributed by atoms with Gasteiger partial charge in [0, 0.05) is 5.02 Å². The van der Waals surface area contributed by atoms with Crippen molar-refractivity contribution in [1.29, 1.82) is 5.41 Å². The average molecular weight is 373 g/mol. The first kappa shape index (κ1) is 19.3. The first-order chi connectivity index (χ1) is 12.2. The van der Waals surface area contributed by atoms with Crippen LogP contribution in [0.3, 0.4) is 0 Å². The molecule has 0 aliphatic heterocycles. The summed E-state index contributed by atoms with van der Waals surface area (Å²) in [5.74, 6) is -0.290. The third-order valence-corrected chi connectivity index (χ3v) is 3.88. The Balaban J connectivity index is 2.06. The molecule has 7 heteroatoms. The van der Waals surface area contributed by atoms with Gasteiger partial charge in [0.15, 0.2) is 5.60 Å². The molecule has 2 aromatic rings. The lowest BCUT2D eigenvalue weighted by atomic mass is 9.99. The Kier molecular flexibility index (Phi) is 5.90. The SMILES string of the molecule is C=C(c1ccc(Cl)cc1)c1ccc(OC(C)(C)C(=O)NNC(=N)N)cc1. The fourth-order valence-electron chi connectivity index (χ4n) is 2.16. The van der Waals surface area contributed by atoms with E-state index >= 15 is 0 Å². The van der Waals surface area contributed by atoms with Crippen LogP contribution < -0.4 is 21.3 Å². The summed E-state index contributed by atoms with van der Waals surface area (Å²) in [5.41, 5.74) is 11.3. The standard InChI is InChI=1S/C19H21ClN4O2/c1-12(13-4-8-15(20)9-5-13)14-6-10-16(11-7-14)26-19(2,3)17(25)23-24-18(21)22/h4-11H,1H2,2-3H3,(H,23,25)(H4,21,22,24). The maximum atomic E-state index is 12.1. The molecule has 0 aliphatic carbocycles. The number of benzene rings is 2. The molecule has 0 bridgehead atoms. The van der Waals surface area contributed by atoms with Crippen LogP contribution in [0.4, 0.5) is 0 Å². The molecule has 2 rings (SSSR count). The van der Waals surface area contributed by atoms with Crippen molar-refractivity contribution in [2.24, 2.45) is 5.73 Å². The Morgan fingerprint density at radius 2 is 1.58 bits per heavy atom. The monoisotopic (exact) mass is 372 g/mol. The third-order valence-electron chi connectivity index (χ3n) is 3.63. The lowest BCUT2D eigenvalue weighted by Gasteiger charge is -2.25. The van der Waals surface area contributed by atoms with E-state index in [0.29, 0.717) is 10.8 Å². The van der Waals surface area contributed by atoms with E-state index < -0.39 is 11.5 Å². The molecule has 6 nitrogen and oxygen atoms in total. The van der Waals surface area contributed by atoms with Gasteiger partial charge < -0.3 is 10.5 Å². The smallest absolute Gasteiger partial charge is 0.281 e. The molecule has 2 aromatic carbocycles. The van der Waals surface area contributed by atoms with Crippen LogP contribution >= 0.6 is 11.6 Å². The lowest BCUT2D eigenvalue weighted by Crippen LogP contribution is -2.54. The van der Waals surface area contributed by atoms with Gasteiger partial charge in [0.05, 0.1) is 0 Å². The molecular formula is C19H21ClN4O2. The number of amides is 1. The average Bonchev–Trinajstić information content (AvgIpc) is 2.60. The van der Waals surface area contributed by atoms with Gasteiger partial charge in [-0.05, 0) is 54.8 Å². The normalized spacial score (nSPS) is 10.7. The van der Waals surface area contributed by atoms with Crippen molar-refractivity contribution in [3.8, 4) is 5.75 Å². The number of ether oxygens (including phenoxy) is 1. The minimum atomic E-state index is -1.16. The van der Waals surface area contributed by atoms with Gasteiger partial charge in [0.2, 0.25) is 5.96 Å². The van der Waals surface area contributed by atoms with Crippen molar-refractivity contribution in [2.75, 3.05) is 0 Å². The van der Waals surface area contributed by atoms with Gasteiger partial charge in [0.1, 0.15) is 5.75 Å². The molecule has 0 aliphatic rings. The molecular weight excluding hydrogens is 352 g/mol. The molecule has 0 aromatic heterocycles. The van der Waals surface area contributed by atoms with Crippen LogP contribution in [0.2, 0.25) is 5.02 Å². The molecule has 0 radical (unpaired) electrons.